The summed E-state index contributed by atoms with van der Waals surface area (Å²) >= 11 is 0. The molecule has 1 heterocycles. The molecule has 1 aromatic carbocycles. The fourth-order valence-corrected chi connectivity index (χ4v) is 1.63. The average molecular weight is 311 g/mol. The van der Waals surface area contributed by atoms with Gasteiger partial charge < -0.3 is 10.1 Å². The molecule has 0 bridgehead atoms. The van der Waals surface area contributed by atoms with Gasteiger partial charge in [-0.2, -0.15) is 0 Å². The van der Waals surface area contributed by atoms with E-state index in [-0.39, 0.29) is 5.75 Å². The fourth-order valence-electron chi connectivity index (χ4n) is 1.63. The summed E-state index contributed by atoms with van der Waals surface area (Å²) in [6.07, 6.45) is -4.75. The quantitative estimate of drug-likeness (QED) is 0.902. The van der Waals surface area contributed by atoms with Crippen molar-refractivity contribution in [3.8, 4) is 5.75 Å². The number of carbonyl (C=O) groups is 1. The average Bonchev–Trinajstić information content (AvgIpc) is 2.39. The normalized spacial score (nSPS) is 10.9. The van der Waals surface area contributed by atoms with Crippen molar-refractivity contribution < 1.29 is 22.7 Å². The van der Waals surface area contributed by atoms with Crippen LogP contribution in [0.4, 0.5) is 29.5 Å². The van der Waals surface area contributed by atoms with Gasteiger partial charge in [-0.15, -0.1) is 13.2 Å². The van der Waals surface area contributed by atoms with Crippen molar-refractivity contribution in [2.45, 2.75) is 13.3 Å². The first-order chi connectivity index (χ1) is 10.3. The minimum atomic E-state index is -4.75. The molecule has 0 saturated heterocycles. The number of nitrogens with zero attached hydrogens (tertiary/aromatic N) is 1. The van der Waals surface area contributed by atoms with Crippen molar-refractivity contribution >= 4 is 17.5 Å². The Morgan fingerprint density at radius 2 is 1.77 bits per heavy atom. The van der Waals surface area contributed by atoms with Gasteiger partial charge in [0.2, 0.25) is 0 Å². The molecule has 0 aliphatic carbocycles. The Hall–Kier alpha value is -2.77. The molecule has 1 aromatic heterocycles. The number of ether oxygens (including phenoxy) is 1. The number of alkyl halides is 3. The maximum atomic E-state index is 12.0. The lowest BCUT2D eigenvalue weighted by atomic mass is 10.3. The highest BCUT2D eigenvalue weighted by Gasteiger charge is 2.30. The highest BCUT2D eigenvalue weighted by Crippen LogP contribution is 2.23. The van der Waals surface area contributed by atoms with Gasteiger partial charge in [-0.3, -0.25) is 5.32 Å². The number of hydrogen-bond donors (Lipinski definition) is 2. The molecule has 0 unspecified atom stereocenters. The number of halogens is 3. The summed E-state index contributed by atoms with van der Waals surface area (Å²) < 4.78 is 39.8. The molecular formula is C14H12F3N3O2. The van der Waals surface area contributed by atoms with Crippen LogP contribution < -0.4 is 15.4 Å². The van der Waals surface area contributed by atoms with Crippen molar-refractivity contribution in [2.75, 3.05) is 10.6 Å². The Labute approximate surface area is 124 Å². The van der Waals surface area contributed by atoms with Crippen LogP contribution in [0.2, 0.25) is 0 Å². The van der Waals surface area contributed by atoms with Gasteiger partial charge in [0, 0.05) is 11.4 Å². The van der Waals surface area contributed by atoms with Crippen LogP contribution in [-0.4, -0.2) is 17.4 Å². The van der Waals surface area contributed by atoms with Crippen LogP contribution in [0, 0.1) is 6.92 Å². The third-order valence-corrected chi connectivity index (χ3v) is 2.48. The first-order valence-corrected chi connectivity index (χ1v) is 6.19. The number of carbonyl (C=O) groups excluding carboxylic acids is 1. The number of rotatable bonds is 3. The largest absolute Gasteiger partial charge is 0.573 e. The van der Waals surface area contributed by atoms with E-state index in [0.717, 1.165) is 17.8 Å². The van der Waals surface area contributed by atoms with E-state index in [0.29, 0.717) is 11.5 Å². The van der Waals surface area contributed by atoms with Crippen molar-refractivity contribution in [1.82, 2.24) is 4.98 Å². The van der Waals surface area contributed by atoms with Crippen LogP contribution in [0.15, 0.2) is 42.5 Å². The second kappa shape index (κ2) is 6.33. The number of anilines is 2. The molecule has 0 aliphatic heterocycles. The zero-order chi connectivity index (χ0) is 16.2. The van der Waals surface area contributed by atoms with Crippen LogP contribution in [0.5, 0.6) is 5.75 Å². The third-order valence-electron chi connectivity index (χ3n) is 2.48. The maximum Gasteiger partial charge on any atom is 0.573 e. The van der Waals surface area contributed by atoms with Crippen molar-refractivity contribution in [1.29, 1.82) is 0 Å². The van der Waals surface area contributed by atoms with Gasteiger partial charge in [0.1, 0.15) is 11.6 Å². The standard InChI is InChI=1S/C14H12F3N3O2/c1-9-3-2-4-12(18-9)20-13(21)19-10-5-7-11(8-6-10)22-14(15,16)17/h2-8H,1H3,(H2,18,19,20,21). The van der Waals surface area contributed by atoms with E-state index in [9.17, 15) is 18.0 Å². The molecule has 5 nitrogen and oxygen atoms in total. The Kier molecular flexibility index (Phi) is 4.50. The third kappa shape index (κ3) is 4.97. The second-order valence-corrected chi connectivity index (χ2v) is 4.32. The van der Waals surface area contributed by atoms with Crippen LogP contribution in [0.1, 0.15) is 5.69 Å². The second-order valence-electron chi connectivity index (χ2n) is 4.32. The number of urea groups is 1. The molecule has 0 aliphatic rings. The molecule has 0 saturated carbocycles. The molecule has 2 N–H and O–H groups in total. The van der Waals surface area contributed by atoms with Gasteiger partial charge in [0.15, 0.2) is 0 Å². The summed E-state index contributed by atoms with van der Waals surface area (Å²) in [5, 5.41) is 4.98. The number of aromatic nitrogens is 1. The summed E-state index contributed by atoms with van der Waals surface area (Å²) in [4.78, 5) is 15.8. The van der Waals surface area contributed by atoms with E-state index in [4.69, 9.17) is 0 Å². The van der Waals surface area contributed by atoms with E-state index < -0.39 is 12.4 Å². The lowest BCUT2D eigenvalue weighted by Gasteiger charge is -2.10. The summed E-state index contributed by atoms with van der Waals surface area (Å²) in [6.45, 7) is 1.78. The molecule has 2 aromatic rings. The first kappa shape index (κ1) is 15.6. The topological polar surface area (TPSA) is 63.2 Å². The Morgan fingerprint density at radius 3 is 2.36 bits per heavy atom. The molecular weight excluding hydrogens is 299 g/mol. The van der Waals surface area contributed by atoms with Crippen LogP contribution in [0.3, 0.4) is 0 Å². The molecule has 0 spiro atoms. The van der Waals surface area contributed by atoms with Crippen molar-refractivity contribution in [3.05, 3.63) is 48.2 Å². The van der Waals surface area contributed by atoms with Gasteiger partial charge in [-0.05, 0) is 43.3 Å². The fraction of sp³-hybridized carbons (Fsp3) is 0.143. The van der Waals surface area contributed by atoms with Crippen molar-refractivity contribution in [2.24, 2.45) is 0 Å². The van der Waals surface area contributed by atoms with Gasteiger partial charge in [0.25, 0.3) is 0 Å². The smallest absolute Gasteiger partial charge is 0.406 e. The number of pyridine rings is 1. The van der Waals surface area contributed by atoms with Crippen LogP contribution >= 0.6 is 0 Å². The summed E-state index contributed by atoms with van der Waals surface area (Å²) in [7, 11) is 0. The van der Waals surface area contributed by atoms with E-state index >= 15 is 0 Å². The monoisotopic (exact) mass is 311 g/mol. The number of nitrogens with one attached hydrogen (secondary N) is 2. The minimum Gasteiger partial charge on any atom is -0.406 e. The Balaban J connectivity index is 1.94. The number of aryl methyl sites for hydroxylation is 1. The maximum absolute atomic E-state index is 12.0. The predicted octanol–water partition coefficient (Wildman–Crippen LogP) is 3.93. The molecule has 22 heavy (non-hydrogen) atoms. The number of hydrogen-bond acceptors (Lipinski definition) is 3. The minimum absolute atomic E-state index is 0.319. The van der Waals surface area contributed by atoms with Crippen LogP contribution in [-0.2, 0) is 0 Å². The molecule has 116 valence electrons. The Bertz CT molecular complexity index is 657. The van der Waals surface area contributed by atoms with E-state index in [1.165, 1.54) is 12.1 Å². The van der Waals surface area contributed by atoms with Crippen molar-refractivity contribution in [3.63, 3.8) is 0 Å². The summed E-state index contributed by atoms with van der Waals surface area (Å²) in [5.41, 5.74) is 1.06. The molecule has 0 radical (unpaired) electrons. The van der Waals surface area contributed by atoms with Crippen LogP contribution in [0.25, 0.3) is 0 Å². The predicted molar refractivity (Wildman–Crippen MR) is 74.7 cm³/mol. The molecule has 8 heteroatoms. The molecule has 0 fully saturated rings. The van der Waals surface area contributed by atoms with E-state index in [2.05, 4.69) is 20.4 Å². The highest BCUT2D eigenvalue weighted by atomic mass is 19.4. The molecule has 0 atom stereocenters. The van der Waals surface area contributed by atoms with Gasteiger partial charge in [-0.1, -0.05) is 6.07 Å². The lowest BCUT2D eigenvalue weighted by molar-refractivity contribution is -0.274. The summed E-state index contributed by atoms with van der Waals surface area (Å²) in [6, 6.07) is 9.38. The van der Waals surface area contributed by atoms with Gasteiger partial charge in [-0.25, -0.2) is 9.78 Å². The zero-order valence-corrected chi connectivity index (χ0v) is 11.4. The Morgan fingerprint density at radius 1 is 1.09 bits per heavy atom. The zero-order valence-electron chi connectivity index (χ0n) is 11.4. The lowest BCUT2D eigenvalue weighted by Crippen LogP contribution is -2.20. The highest BCUT2D eigenvalue weighted by molar-refractivity contribution is 5.99. The number of amides is 2. The van der Waals surface area contributed by atoms with E-state index in [1.54, 1.807) is 25.1 Å². The van der Waals surface area contributed by atoms with Gasteiger partial charge >= 0.3 is 12.4 Å². The molecule has 2 amide bonds. The van der Waals surface area contributed by atoms with E-state index in [1.807, 2.05) is 0 Å². The summed E-state index contributed by atoms with van der Waals surface area (Å²) in [5.74, 6) is 0.00772. The first-order valence-electron chi connectivity index (χ1n) is 6.19. The van der Waals surface area contributed by atoms with Gasteiger partial charge in [0.05, 0.1) is 0 Å². The number of benzene rings is 1. The SMILES string of the molecule is Cc1cccc(NC(=O)Nc2ccc(OC(F)(F)F)cc2)n1. The molecule has 2 rings (SSSR count).